The topological polar surface area (TPSA) is 35.0 Å². The van der Waals surface area contributed by atoms with Crippen molar-refractivity contribution < 1.29 is 4.74 Å². The number of nitrogens with zero attached hydrogens (tertiary/aromatic N) is 2. The summed E-state index contributed by atoms with van der Waals surface area (Å²) >= 11 is 9.74. The van der Waals surface area contributed by atoms with Gasteiger partial charge in [0.15, 0.2) is 5.82 Å². The molecule has 2 rings (SSSR count). The first-order chi connectivity index (χ1) is 9.63. The van der Waals surface area contributed by atoms with Gasteiger partial charge in [-0.05, 0) is 42.1 Å². The minimum atomic E-state index is -0.348. The maximum atomic E-state index is 6.27. The average Bonchev–Trinajstić information content (AvgIpc) is 2.68. The van der Waals surface area contributed by atoms with E-state index in [4.69, 9.17) is 21.3 Å². The number of hydrogen-bond acceptors (Lipinski definition) is 3. The molecule has 0 aromatic carbocycles. The van der Waals surface area contributed by atoms with Gasteiger partial charge in [-0.1, -0.05) is 44.2 Å². The lowest BCUT2D eigenvalue weighted by molar-refractivity contribution is -0.0625. The zero-order valence-corrected chi connectivity index (χ0v) is 14.6. The molecule has 3 nitrogen and oxygen atoms in total. The number of aryl methyl sites for hydroxylation is 1. The first-order valence-corrected chi connectivity index (χ1v) is 8.66. The highest BCUT2D eigenvalue weighted by atomic mass is 79.9. The van der Waals surface area contributed by atoms with Crippen LogP contribution in [0, 0.1) is 0 Å². The van der Waals surface area contributed by atoms with Crippen molar-refractivity contribution >= 4 is 27.5 Å². The Kier molecular flexibility index (Phi) is 5.82. The summed E-state index contributed by atoms with van der Waals surface area (Å²) in [7, 11) is 0. The third-order valence-electron chi connectivity index (χ3n) is 3.95. The third kappa shape index (κ3) is 3.34. The SMILES string of the molecule is CCOC1(c2nc(Cl)c(Br)c(CC)n2)CCCCCC1. The molecule has 20 heavy (non-hydrogen) atoms. The van der Waals surface area contributed by atoms with E-state index < -0.39 is 0 Å². The highest BCUT2D eigenvalue weighted by Gasteiger charge is 2.37. The van der Waals surface area contributed by atoms with E-state index in [2.05, 4.69) is 27.8 Å². The van der Waals surface area contributed by atoms with Gasteiger partial charge in [-0.25, -0.2) is 9.97 Å². The molecule has 1 saturated carbocycles. The molecule has 1 fully saturated rings. The minimum absolute atomic E-state index is 0.348. The number of rotatable bonds is 4. The Hall–Kier alpha value is -0.190. The van der Waals surface area contributed by atoms with Crippen LogP contribution in [0.4, 0.5) is 0 Å². The normalized spacial score (nSPS) is 18.8. The quantitative estimate of drug-likeness (QED) is 0.556. The number of aromatic nitrogens is 2. The zero-order valence-electron chi connectivity index (χ0n) is 12.2. The standard InChI is InChI=1S/C15H22BrClN2O/c1-3-11-12(16)13(17)19-14(18-11)15(20-4-2)9-7-5-6-8-10-15/h3-10H2,1-2H3. The molecule has 0 unspecified atom stereocenters. The van der Waals surface area contributed by atoms with Crippen molar-refractivity contribution in [1.29, 1.82) is 0 Å². The Morgan fingerprint density at radius 3 is 2.35 bits per heavy atom. The Labute approximate surface area is 134 Å². The van der Waals surface area contributed by atoms with Crippen LogP contribution in [-0.4, -0.2) is 16.6 Å². The summed E-state index contributed by atoms with van der Waals surface area (Å²) in [5.74, 6) is 0.770. The lowest BCUT2D eigenvalue weighted by Crippen LogP contribution is -2.32. The van der Waals surface area contributed by atoms with Crippen LogP contribution in [-0.2, 0) is 16.8 Å². The molecule has 1 aromatic rings. The highest BCUT2D eigenvalue weighted by molar-refractivity contribution is 9.10. The Morgan fingerprint density at radius 2 is 1.80 bits per heavy atom. The monoisotopic (exact) mass is 360 g/mol. The van der Waals surface area contributed by atoms with Gasteiger partial charge in [-0.15, -0.1) is 0 Å². The number of ether oxygens (including phenoxy) is 1. The fourth-order valence-corrected chi connectivity index (χ4v) is 3.56. The summed E-state index contributed by atoms with van der Waals surface area (Å²) in [6, 6.07) is 0. The smallest absolute Gasteiger partial charge is 0.162 e. The molecule has 5 heteroatoms. The van der Waals surface area contributed by atoms with Crippen LogP contribution in [0.3, 0.4) is 0 Å². The molecule has 0 atom stereocenters. The minimum Gasteiger partial charge on any atom is -0.367 e. The van der Waals surface area contributed by atoms with Crippen molar-refractivity contribution in [2.75, 3.05) is 6.61 Å². The summed E-state index contributed by atoms with van der Waals surface area (Å²) < 4.78 is 6.94. The summed E-state index contributed by atoms with van der Waals surface area (Å²) in [6.45, 7) is 4.79. The first-order valence-electron chi connectivity index (χ1n) is 7.49. The summed E-state index contributed by atoms with van der Waals surface area (Å²) in [5.41, 5.74) is 0.614. The second-order valence-corrected chi connectivity index (χ2v) is 6.44. The van der Waals surface area contributed by atoms with Gasteiger partial charge < -0.3 is 4.74 Å². The lowest BCUT2D eigenvalue weighted by atomic mass is 9.93. The van der Waals surface area contributed by atoms with E-state index in [0.29, 0.717) is 11.8 Å². The molecule has 1 aliphatic carbocycles. The maximum Gasteiger partial charge on any atom is 0.162 e. The fourth-order valence-electron chi connectivity index (χ4n) is 2.91. The predicted octanol–water partition coefficient (Wildman–Crippen LogP) is 5.04. The van der Waals surface area contributed by atoms with Gasteiger partial charge in [0.25, 0.3) is 0 Å². The predicted molar refractivity (Wildman–Crippen MR) is 85.1 cm³/mol. The van der Waals surface area contributed by atoms with Crippen molar-refractivity contribution in [3.05, 3.63) is 21.1 Å². The van der Waals surface area contributed by atoms with Crippen LogP contribution in [0.2, 0.25) is 5.15 Å². The molecule has 1 aromatic heterocycles. The first kappa shape index (κ1) is 16.2. The Bertz CT molecular complexity index is 459. The Balaban J connectivity index is 2.45. The van der Waals surface area contributed by atoms with E-state index in [-0.39, 0.29) is 5.60 Å². The molecule has 0 saturated heterocycles. The molecule has 0 spiro atoms. The molecule has 0 bridgehead atoms. The summed E-state index contributed by atoms with van der Waals surface area (Å²) in [4.78, 5) is 9.26. The second-order valence-electron chi connectivity index (χ2n) is 5.29. The van der Waals surface area contributed by atoms with Gasteiger partial charge in [0.2, 0.25) is 0 Å². The van der Waals surface area contributed by atoms with Crippen molar-refractivity contribution in [2.45, 2.75) is 64.4 Å². The third-order valence-corrected chi connectivity index (χ3v) is 5.29. The molecule has 0 amide bonds. The van der Waals surface area contributed by atoms with Gasteiger partial charge in [-0.2, -0.15) is 0 Å². The van der Waals surface area contributed by atoms with Crippen LogP contribution >= 0.6 is 27.5 Å². The molecule has 112 valence electrons. The summed E-state index contributed by atoms with van der Waals surface area (Å²) in [6.07, 6.45) is 7.67. The van der Waals surface area contributed by atoms with Gasteiger partial charge in [0.1, 0.15) is 10.8 Å². The van der Waals surface area contributed by atoms with E-state index in [1.807, 2.05) is 6.92 Å². The van der Waals surface area contributed by atoms with Crippen molar-refractivity contribution in [3.8, 4) is 0 Å². The molecular formula is C15H22BrClN2O. The zero-order chi connectivity index (χ0) is 14.6. The molecule has 0 radical (unpaired) electrons. The van der Waals surface area contributed by atoms with Gasteiger partial charge in [0, 0.05) is 6.61 Å². The Morgan fingerprint density at radius 1 is 1.15 bits per heavy atom. The van der Waals surface area contributed by atoms with Gasteiger partial charge in [0.05, 0.1) is 10.2 Å². The second kappa shape index (κ2) is 7.19. The van der Waals surface area contributed by atoms with Gasteiger partial charge >= 0.3 is 0 Å². The van der Waals surface area contributed by atoms with Crippen LogP contribution in [0.15, 0.2) is 4.47 Å². The van der Waals surface area contributed by atoms with E-state index in [1.165, 1.54) is 25.7 Å². The number of halogens is 2. The molecule has 0 N–H and O–H groups in total. The largest absolute Gasteiger partial charge is 0.367 e. The molecule has 0 aliphatic heterocycles. The van der Waals surface area contributed by atoms with Crippen molar-refractivity contribution in [1.82, 2.24) is 9.97 Å². The van der Waals surface area contributed by atoms with Crippen LogP contribution in [0.25, 0.3) is 0 Å². The van der Waals surface area contributed by atoms with Crippen LogP contribution < -0.4 is 0 Å². The molecule has 1 aliphatic rings. The molecular weight excluding hydrogens is 340 g/mol. The summed E-state index contributed by atoms with van der Waals surface area (Å²) in [5, 5.41) is 0.496. The van der Waals surface area contributed by atoms with E-state index in [0.717, 1.165) is 35.3 Å². The number of hydrogen-bond donors (Lipinski definition) is 0. The fraction of sp³-hybridized carbons (Fsp3) is 0.733. The van der Waals surface area contributed by atoms with E-state index in [9.17, 15) is 0 Å². The molecule has 1 heterocycles. The van der Waals surface area contributed by atoms with Crippen LogP contribution in [0.1, 0.15) is 63.9 Å². The van der Waals surface area contributed by atoms with Gasteiger partial charge in [-0.3, -0.25) is 0 Å². The highest BCUT2D eigenvalue weighted by Crippen LogP contribution is 2.39. The van der Waals surface area contributed by atoms with E-state index >= 15 is 0 Å². The van der Waals surface area contributed by atoms with Crippen molar-refractivity contribution in [3.63, 3.8) is 0 Å². The van der Waals surface area contributed by atoms with E-state index in [1.54, 1.807) is 0 Å². The van der Waals surface area contributed by atoms with Crippen molar-refractivity contribution in [2.24, 2.45) is 0 Å². The van der Waals surface area contributed by atoms with Crippen LogP contribution in [0.5, 0.6) is 0 Å². The maximum absolute atomic E-state index is 6.27. The lowest BCUT2D eigenvalue weighted by Gasteiger charge is -2.31. The average molecular weight is 362 g/mol.